The molecular weight excluding hydrogens is 250 g/mol. The van der Waals surface area contributed by atoms with Crippen molar-refractivity contribution in [1.29, 1.82) is 0 Å². The Hall–Kier alpha value is -1.07. The molecule has 2 rings (SSSR count). The molecule has 0 aliphatic carbocycles. The molecule has 1 fully saturated rings. The van der Waals surface area contributed by atoms with Crippen molar-refractivity contribution in [3.8, 4) is 5.75 Å². The van der Waals surface area contributed by atoms with Crippen LogP contribution in [0.3, 0.4) is 0 Å². The van der Waals surface area contributed by atoms with E-state index in [2.05, 4.69) is 5.32 Å². The van der Waals surface area contributed by atoms with Crippen molar-refractivity contribution < 1.29 is 13.2 Å². The molecule has 5 heteroatoms. The Kier molecular flexibility index (Phi) is 4.24. The summed E-state index contributed by atoms with van der Waals surface area (Å²) in [4.78, 5) is 0. The highest BCUT2D eigenvalue weighted by Crippen LogP contribution is 2.19. The van der Waals surface area contributed by atoms with E-state index in [1.165, 1.54) is 0 Å². The van der Waals surface area contributed by atoms with Crippen LogP contribution in [0.2, 0.25) is 0 Å². The van der Waals surface area contributed by atoms with E-state index >= 15 is 0 Å². The van der Waals surface area contributed by atoms with Crippen LogP contribution in [0.1, 0.15) is 18.4 Å². The summed E-state index contributed by atoms with van der Waals surface area (Å²) in [6, 6.07) is 7.22. The lowest BCUT2D eigenvalue weighted by molar-refractivity contribution is 0.414. The molecule has 0 spiro atoms. The van der Waals surface area contributed by atoms with Crippen molar-refractivity contribution in [1.82, 2.24) is 5.32 Å². The average Bonchev–Trinajstić information content (AvgIpc) is 2.40. The minimum atomic E-state index is -3.06. The summed E-state index contributed by atoms with van der Waals surface area (Å²) < 4.78 is 29.5. The largest absolute Gasteiger partial charge is 0.497 e. The third kappa shape index (κ3) is 3.23. The summed E-state index contributed by atoms with van der Waals surface area (Å²) >= 11 is 0. The van der Waals surface area contributed by atoms with Gasteiger partial charge in [-0.05, 0) is 37.1 Å². The van der Waals surface area contributed by atoms with Crippen LogP contribution in [0.4, 0.5) is 0 Å². The quantitative estimate of drug-likeness (QED) is 0.897. The van der Waals surface area contributed by atoms with Gasteiger partial charge in [-0.3, -0.25) is 0 Å². The Morgan fingerprint density at radius 1 is 1.33 bits per heavy atom. The molecule has 18 heavy (non-hydrogen) atoms. The standard InChI is InChI=1S/C13H19NO3S/c1-17-12-6-4-11(5-7-12)10-18(15,16)13-3-2-8-14-9-13/h4-7,13-14H,2-3,8-10H2,1H3. The summed E-state index contributed by atoms with van der Waals surface area (Å²) in [7, 11) is -1.46. The van der Waals surface area contributed by atoms with Gasteiger partial charge in [0.15, 0.2) is 9.84 Å². The van der Waals surface area contributed by atoms with Crippen LogP contribution in [0.5, 0.6) is 5.75 Å². The zero-order valence-electron chi connectivity index (χ0n) is 10.6. The Morgan fingerprint density at radius 2 is 2.06 bits per heavy atom. The molecule has 1 aromatic carbocycles. The van der Waals surface area contributed by atoms with Gasteiger partial charge >= 0.3 is 0 Å². The molecule has 0 bridgehead atoms. The maximum atomic E-state index is 12.2. The minimum absolute atomic E-state index is 0.114. The highest BCUT2D eigenvalue weighted by Gasteiger charge is 2.27. The van der Waals surface area contributed by atoms with Crippen molar-refractivity contribution in [2.24, 2.45) is 0 Å². The number of hydrogen-bond acceptors (Lipinski definition) is 4. The van der Waals surface area contributed by atoms with E-state index in [1.54, 1.807) is 19.2 Å². The van der Waals surface area contributed by atoms with Gasteiger partial charge in [-0.2, -0.15) is 0 Å². The van der Waals surface area contributed by atoms with Crippen LogP contribution in [0.15, 0.2) is 24.3 Å². The Balaban J connectivity index is 2.06. The minimum Gasteiger partial charge on any atom is -0.497 e. The molecule has 4 nitrogen and oxygen atoms in total. The monoisotopic (exact) mass is 269 g/mol. The topological polar surface area (TPSA) is 55.4 Å². The highest BCUT2D eigenvalue weighted by atomic mass is 32.2. The van der Waals surface area contributed by atoms with E-state index < -0.39 is 9.84 Å². The van der Waals surface area contributed by atoms with E-state index in [4.69, 9.17) is 4.74 Å². The first kappa shape index (κ1) is 13.4. The van der Waals surface area contributed by atoms with Gasteiger partial charge in [-0.25, -0.2) is 8.42 Å². The fourth-order valence-electron chi connectivity index (χ4n) is 2.20. The molecule has 0 radical (unpaired) electrons. The molecule has 1 atom stereocenters. The zero-order valence-corrected chi connectivity index (χ0v) is 11.4. The van der Waals surface area contributed by atoms with E-state index in [-0.39, 0.29) is 11.0 Å². The fraction of sp³-hybridized carbons (Fsp3) is 0.538. The van der Waals surface area contributed by atoms with Crippen molar-refractivity contribution in [3.05, 3.63) is 29.8 Å². The lowest BCUT2D eigenvalue weighted by Crippen LogP contribution is -2.39. The second kappa shape index (κ2) is 5.71. The number of nitrogens with one attached hydrogen (secondary N) is 1. The lowest BCUT2D eigenvalue weighted by Gasteiger charge is -2.22. The summed E-state index contributed by atoms with van der Waals surface area (Å²) in [5.41, 5.74) is 0.821. The number of piperidine rings is 1. The Labute approximate surface area is 108 Å². The van der Waals surface area contributed by atoms with Crippen LogP contribution in [-0.4, -0.2) is 33.9 Å². The molecule has 0 amide bonds. The van der Waals surface area contributed by atoms with Crippen LogP contribution >= 0.6 is 0 Å². The number of hydrogen-bond donors (Lipinski definition) is 1. The van der Waals surface area contributed by atoms with Gasteiger partial charge in [-0.1, -0.05) is 12.1 Å². The number of methoxy groups -OCH3 is 1. The average molecular weight is 269 g/mol. The maximum Gasteiger partial charge on any atom is 0.158 e. The fourth-order valence-corrected chi connectivity index (χ4v) is 3.99. The lowest BCUT2D eigenvalue weighted by atomic mass is 10.2. The number of sulfone groups is 1. The Morgan fingerprint density at radius 3 is 2.61 bits per heavy atom. The van der Waals surface area contributed by atoms with Crippen molar-refractivity contribution >= 4 is 9.84 Å². The molecule has 0 aromatic heterocycles. The van der Waals surface area contributed by atoms with Crippen molar-refractivity contribution in [2.75, 3.05) is 20.2 Å². The normalized spacial score (nSPS) is 20.6. The van der Waals surface area contributed by atoms with E-state index in [9.17, 15) is 8.42 Å². The summed E-state index contributed by atoms with van der Waals surface area (Å²) in [6.45, 7) is 1.51. The highest BCUT2D eigenvalue weighted by molar-refractivity contribution is 7.91. The second-order valence-electron chi connectivity index (χ2n) is 4.62. The van der Waals surface area contributed by atoms with Crippen LogP contribution in [0, 0.1) is 0 Å². The molecule has 1 aliphatic heterocycles. The number of ether oxygens (including phenoxy) is 1. The molecule has 1 heterocycles. The molecule has 1 N–H and O–H groups in total. The van der Waals surface area contributed by atoms with E-state index in [1.807, 2.05) is 12.1 Å². The van der Waals surface area contributed by atoms with E-state index in [0.717, 1.165) is 30.7 Å². The van der Waals surface area contributed by atoms with Gasteiger partial charge in [-0.15, -0.1) is 0 Å². The van der Waals surface area contributed by atoms with Gasteiger partial charge in [0, 0.05) is 6.54 Å². The maximum absolute atomic E-state index is 12.2. The van der Waals surface area contributed by atoms with Gasteiger partial charge in [0.2, 0.25) is 0 Å². The van der Waals surface area contributed by atoms with Crippen LogP contribution in [0.25, 0.3) is 0 Å². The van der Waals surface area contributed by atoms with Crippen LogP contribution in [-0.2, 0) is 15.6 Å². The predicted octanol–water partition coefficient (Wildman–Crippen LogP) is 1.36. The van der Waals surface area contributed by atoms with Crippen molar-refractivity contribution in [2.45, 2.75) is 23.8 Å². The summed E-state index contributed by atoms with van der Waals surface area (Å²) in [5, 5.41) is 2.90. The summed E-state index contributed by atoms with van der Waals surface area (Å²) in [5.74, 6) is 0.860. The predicted molar refractivity (Wildman–Crippen MR) is 71.5 cm³/mol. The van der Waals surface area contributed by atoms with E-state index in [0.29, 0.717) is 6.54 Å². The number of benzene rings is 1. The third-order valence-electron chi connectivity index (χ3n) is 3.29. The van der Waals surface area contributed by atoms with Gasteiger partial charge in [0.05, 0.1) is 18.1 Å². The molecule has 100 valence electrons. The van der Waals surface area contributed by atoms with Crippen molar-refractivity contribution in [3.63, 3.8) is 0 Å². The molecule has 1 aliphatic rings. The Bertz CT molecular complexity index is 475. The van der Waals surface area contributed by atoms with Gasteiger partial charge in [0.1, 0.15) is 5.75 Å². The number of rotatable bonds is 4. The first-order chi connectivity index (χ1) is 8.62. The molecule has 0 saturated carbocycles. The first-order valence-electron chi connectivity index (χ1n) is 6.17. The molecule has 1 unspecified atom stereocenters. The molecule has 1 aromatic rings. The second-order valence-corrected chi connectivity index (χ2v) is 6.90. The first-order valence-corrected chi connectivity index (χ1v) is 7.88. The SMILES string of the molecule is COc1ccc(CS(=O)(=O)C2CCCNC2)cc1. The van der Waals surface area contributed by atoms with Gasteiger partial charge in [0.25, 0.3) is 0 Å². The zero-order chi connectivity index (χ0) is 13.0. The molecule has 1 saturated heterocycles. The third-order valence-corrected chi connectivity index (χ3v) is 5.44. The molecular formula is C13H19NO3S. The van der Waals surface area contributed by atoms with Crippen LogP contribution < -0.4 is 10.1 Å². The van der Waals surface area contributed by atoms with Gasteiger partial charge < -0.3 is 10.1 Å². The smallest absolute Gasteiger partial charge is 0.158 e. The summed E-state index contributed by atoms with van der Waals surface area (Å²) in [6.07, 6.45) is 1.71.